The summed E-state index contributed by atoms with van der Waals surface area (Å²) >= 11 is 0. The topological polar surface area (TPSA) is 129 Å². The van der Waals surface area contributed by atoms with Crippen LogP contribution < -0.4 is 9.47 Å². The van der Waals surface area contributed by atoms with E-state index in [2.05, 4.69) is 15.4 Å². The molecule has 0 aliphatic heterocycles. The van der Waals surface area contributed by atoms with Crippen molar-refractivity contribution in [2.24, 2.45) is 0 Å². The zero-order chi connectivity index (χ0) is 20.8. The van der Waals surface area contributed by atoms with E-state index >= 15 is 0 Å². The van der Waals surface area contributed by atoms with Crippen LogP contribution in [0.5, 0.6) is 11.5 Å². The fraction of sp³-hybridized carbons (Fsp3) is 0.211. The highest BCUT2D eigenvalue weighted by Gasteiger charge is 2.20. The second-order valence-corrected chi connectivity index (χ2v) is 5.82. The van der Waals surface area contributed by atoms with E-state index in [1.54, 1.807) is 37.3 Å². The monoisotopic (exact) mass is 398 g/mol. The summed E-state index contributed by atoms with van der Waals surface area (Å²) in [7, 11) is 1.49. The number of nitrogens with zero attached hydrogens (tertiary/aromatic N) is 3. The molecule has 0 saturated carbocycles. The van der Waals surface area contributed by atoms with Crippen molar-refractivity contribution < 1.29 is 23.9 Å². The highest BCUT2D eigenvalue weighted by Crippen LogP contribution is 2.33. The molecule has 150 valence electrons. The maximum Gasteiger partial charge on any atom is 0.361 e. The number of rotatable bonds is 8. The first kappa shape index (κ1) is 19.8. The van der Waals surface area contributed by atoms with Gasteiger partial charge in [0, 0.05) is 17.7 Å². The van der Waals surface area contributed by atoms with Gasteiger partial charge in [-0.3, -0.25) is 10.1 Å². The number of nitro benzene ring substituents is 1. The van der Waals surface area contributed by atoms with Crippen molar-refractivity contribution in [3.8, 4) is 22.8 Å². The van der Waals surface area contributed by atoms with Crippen LogP contribution in [0.4, 0.5) is 5.69 Å². The number of hydrogen-bond acceptors (Lipinski definition) is 8. The normalized spacial score (nSPS) is 10.4. The lowest BCUT2D eigenvalue weighted by atomic mass is 10.1. The van der Waals surface area contributed by atoms with Crippen molar-refractivity contribution >= 4 is 11.7 Å². The van der Waals surface area contributed by atoms with Gasteiger partial charge in [-0.1, -0.05) is 0 Å². The first-order chi connectivity index (χ1) is 14.0. The number of nitrogens with one attached hydrogen (secondary N) is 1. The average molecular weight is 398 g/mol. The number of non-ortho nitro benzene ring substituents is 1. The first-order valence-corrected chi connectivity index (χ1v) is 8.66. The lowest BCUT2D eigenvalue weighted by Crippen LogP contribution is -2.07. The Labute approximate surface area is 165 Å². The minimum atomic E-state index is -0.575. The average Bonchev–Trinajstić information content (AvgIpc) is 3.22. The van der Waals surface area contributed by atoms with Crippen LogP contribution >= 0.6 is 0 Å². The van der Waals surface area contributed by atoms with Crippen LogP contribution in [0.1, 0.15) is 23.0 Å². The highest BCUT2D eigenvalue weighted by atomic mass is 16.6. The summed E-state index contributed by atoms with van der Waals surface area (Å²) < 4.78 is 16.1. The van der Waals surface area contributed by atoms with Gasteiger partial charge in [-0.05, 0) is 42.8 Å². The number of methoxy groups -OCH3 is 1. The molecule has 2 aromatic carbocycles. The van der Waals surface area contributed by atoms with Crippen LogP contribution in [0.25, 0.3) is 11.3 Å². The minimum absolute atomic E-state index is 0.0145. The van der Waals surface area contributed by atoms with Crippen molar-refractivity contribution in [3.63, 3.8) is 0 Å². The Morgan fingerprint density at radius 2 is 1.90 bits per heavy atom. The van der Waals surface area contributed by atoms with Crippen LogP contribution in [-0.4, -0.2) is 40.0 Å². The number of benzene rings is 2. The smallest absolute Gasteiger partial charge is 0.361 e. The largest absolute Gasteiger partial charge is 0.493 e. The third-order valence-electron chi connectivity index (χ3n) is 4.00. The Kier molecular flexibility index (Phi) is 6.03. The number of esters is 1. The molecule has 1 aromatic heterocycles. The molecule has 0 radical (unpaired) electrons. The zero-order valence-electron chi connectivity index (χ0n) is 15.7. The number of carbonyl (C=O) groups excluding carboxylic acids is 1. The van der Waals surface area contributed by atoms with Gasteiger partial charge in [0.15, 0.2) is 17.2 Å². The molecule has 0 aliphatic rings. The number of hydrogen-bond donors (Lipinski definition) is 1. The second-order valence-electron chi connectivity index (χ2n) is 5.82. The van der Waals surface area contributed by atoms with Gasteiger partial charge in [-0.15, -0.1) is 5.10 Å². The highest BCUT2D eigenvalue weighted by molar-refractivity contribution is 5.94. The maximum atomic E-state index is 12.0. The molecule has 0 bridgehead atoms. The molecule has 1 N–H and O–H groups in total. The SMILES string of the molecule is CCOC(=O)c1n[nH]nc1-c1ccc(OCc2ccc([N+](=O)[O-])cc2)c(OC)c1. The molecule has 0 fully saturated rings. The van der Waals surface area contributed by atoms with Crippen LogP contribution in [-0.2, 0) is 11.3 Å². The Balaban J connectivity index is 1.78. The van der Waals surface area contributed by atoms with E-state index in [1.165, 1.54) is 19.2 Å². The number of carbonyl (C=O) groups is 1. The standard InChI is InChI=1S/C19H18N4O6/c1-3-28-19(24)18-17(20-22-21-18)13-6-9-15(16(10-13)27-2)29-11-12-4-7-14(8-5-12)23(25)26/h4-10H,3,11H2,1-2H3,(H,20,21,22). The van der Waals surface area contributed by atoms with E-state index in [9.17, 15) is 14.9 Å². The summed E-state index contributed by atoms with van der Waals surface area (Å²) in [5.74, 6) is 0.326. The van der Waals surface area contributed by atoms with E-state index in [4.69, 9.17) is 14.2 Å². The van der Waals surface area contributed by atoms with Crippen molar-refractivity contribution in [1.29, 1.82) is 0 Å². The molecular formula is C19H18N4O6. The summed E-state index contributed by atoms with van der Waals surface area (Å²) in [6.45, 7) is 2.13. The molecule has 10 heteroatoms. The Bertz CT molecular complexity index is 1020. The molecule has 1 heterocycles. The third kappa shape index (κ3) is 4.49. The van der Waals surface area contributed by atoms with E-state index in [0.29, 0.717) is 22.8 Å². The van der Waals surface area contributed by atoms with Gasteiger partial charge in [-0.25, -0.2) is 4.79 Å². The lowest BCUT2D eigenvalue weighted by Gasteiger charge is -2.12. The summed E-state index contributed by atoms with van der Waals surface area (Å²) in [6.07, 6.45) is 0. The molecule has 3 aromatic rings. The lowest BCUT2D eigenvalue weighted by molar-refractivity contribution is -0.384. The Hall–Kier alpha value is -3.95. The summed E-state index contributed by atoms with van der Waals surface area (Å²) in [6, 6.07) is 11.2. The predicted molar refractivity (Wildman–Crippen MR) is 102 cm³/mol. The molecule has 3 rings (SSSR count). The van der Waals surface area contributed by atoms with Crippen LogP contribution in [0.15, 0.2) is 42.5 Å². The van der Waals surface area contributed by atoms with Gasteiger partial charge < -0.3 is 14.2 Å². The van der Waals surface area contributed by atoms with Gasteiger partial charge in [0.25, 0.3) is 5.69 Å². The number of H-pyrrole nitrogens is 1. The fourth-order valence-corrected chi connectivity index (χ4v) is 2.58. The molecule has 0 unspecified atom stereocenters. The number of aromatic nitrogens is 3. The summed E-state index contributed by atoms with van der Waals surface area (Å²) in [5.41, 5.74) is 1.79. The van der Waals surface area contributed by atoms with E-state index in [1.807, 2.05) is 0 Å². The summed E-state index contributed by atoms with van der Waals surface area (Å²) in [5, 5.41) is 21.0. The van der Waals surface area contributed by atoms with E-state index in [0.717, 1.165) is 5.56 Å². The quantitative estimate of drug-likeness (QED) is 0.348. The maximum absolute atomic E-state index is 12.0. The molecule has 0 spiro atoms. The predicted octanol–water partition coefficient (Wildman–Crippen LogP) is 3.14. The molecule has 0 amide bonds. The van der Waals surface area contributed by atoms with Crippen molar-refractivity contribution in [2.45, 2.75) is 13.5 Å². The van der Waals surface area contributed by atoms with Gasteiger partial charge in [0.05, 0.1) is 18.6 Å². The molecule has 0 atom stereocenters. The molecular weight excluding hydrogens is 380 g/mol. The number of aromatic amines is 1. The van der Waals surface area contributed by atoms with Crippen LogP contribution in [0.3, 0.4) is 0 Å². The molecule has 10 nitrogen and oxygen atoms in total. The van der Waals surface area contributed by atoms with Gasteiger partial charge in [0.2, 0.25) is 0 Å². The molecule has 0 aliphatic carbocycles. The minimum Gasteiger partial charge on any atom is -0.493 e. The molecule has 29 heavy (non-hydrogen) atoms. The second kappa shape index (κ2) is 8.83. The van der Waals surface area contributed by atoms with Gasteiger partial charge >= 0.3 is 5.97 Å². The van der Waals surface area contributed by atoms with E-state index < -0.39 is 10.9 Å². The number of nitro groups is 1. The van der Waals surface area contributed by atoms with Gasteiger partial charge in [0.1, 0.15) is 12.3 Å². The van der Waals surface area contributed by atoms with Crippen molar-refractivity contribution in [2.75, 3.05) is 13.7 Å². The van der Waals surface area contributed by atoms with Crippen LogP contribution in [0.2, 0.25) is 0 Å². The number of ether oxygens (including phenoxy) is 3. The van der Waals surface area contributed by atoms with Crippen molar-refractivity contribution in [3.05, 3.63) is 63.8 Å². The summed E-state index contributed by atoms with van der Waals surface area (Å²) in [4.78, 5) is 22.3. The molecule has 0 saturated heterocycles. The first-order valence-electron chi connectivity index (χ1n) is 8.66. The Morgan fingerprint density at radius 3 is 2.55 bits per heavy atom. The zero-order valence-corrected chi connectivity index (χ0v) is 15.7. The van der Waals surface area contributed by atoms with Crippen LogP contribution in [0, 0.1) is 10.1 Å². The fourth-order valence-electron chi connectivity index (χ4n) is 2.58. The van der Waals surface area contributed by atoms with E-state index in [-0.39, 0.29) is 24.6 Å². The third-order valence-corrected chi connectivity index (χ3v) is 4.00. The van der Waals surface area contributed by atoms with Gasteiger partial charge in [-0.2, -0.15) is 10.3 Å². The Morgan fingerprint density at radius 1 is 1.14 bits per heavy atom. The van der Waals surface area contributed by atoms with Crippen molar-refractivity contribution in [1.82, 2.24) is 15.4 Å².